The van der Waals surface area contributed by atoms with E-state index in [1.54, 1.807) is 12.1 Å². The number of carbonyl (C=O) groups excluding carboxylic acids is 1. The van der Waals surface area contributed by atoms with E-state index in [-0.39, 0.29) is 24.7 Å². The lowest BCUT2D eigenvalue weighted by Gasteiger charge is -2.15. The first kappa shape index (κ1) is 17.0. The molecule has 1 amide bonds. The first-order valence-corrected chi connectivity index (χ1v) is 7.42. The topological polar surface area (TPSA) is 52.6 Å². The molecule has 0 aliphatic rings. The van der Waals surface area contributed by atoms with Crippen LogP contribution in [-0.2, 0) is 11.2 Å². The molecule has 0 aliphatic carbocycles. The number of anilines is 1. The van der Waals surface area contributed by atoms with Gasteiger partial charge in [0.1, 0.15) is 5.82 Å². The molecule has 1 unspecified atom stereocenters. The number of benzene rings is 2. The average Bonchev–Trinajstić information content (AvgIpc) is 2.55. The summed E-state index contributed by atoms with van der Waals surface area (Å²) in [6.45, 7) is 0.140. The van der Waals surface area contributed by atoms with Gasteiger partial charge in [0.15, 0.2) is 0 Å². The molecule has 0 aromatic heterocycles. The fraction of sp³-hybridized carbons (Fsp3) is 0.278. The first-order chi connectivity index (χ1) is 11.0. The van der Waals surface area contributed by atoms with Crippen molar-refractivity contribution in [2.24, 2.45) is 0 Å². The van der Waals surface area contributed by atoms with E-state index >= 15 is 0 Å². The van der Waals surface area contributed by atoms with E-state index in [0.29, 0.717) is 0 Å². The molecule has 122 valence electrons. The zero-order valence-corrected chi connectivity index (χ0v) is 13.3. The molecule has 23 heavy (non-hydrogen) atoms. The molecule has 0 bridgehead atoms. The molecule has 0 heterocycles. The Labute approximate surface area is 135 Å². The maximum atomic E-state index is 12.8. The average molecular weight is 316 g/mol. The van der Waals surface area contributed by atoms with Gasteiger partial charge >= 0.3 is 0 Å². The molecule has 1 atom stereocenters. The highest BCUT2D eigenvalue weighted by Gasteiger charge is 2.10. The quantitative estimate of drug-likeness (QED) is 0.860. The van der Waals surface area contributed by atoms with E-state index < -0.39 is 6.10 Å². The summed E-state index contributed by atoms with van der Waals surface area (Å²) in [6, 6.07) is 13.3. The monoisotopic (exact) mass is 316 g/mol. The van der Waals surface area contributed by atoms with Gasteiger partial charge in [-0.25, -0.2) is 4.39 Å². The van der Waals surface area contributed by atoms with Crippen molar-refractivity contribution in [2.75, 3.05) is 25.5 Å². The number of rotatable bonds is 6. The molecule has 4 nitrogen and oxygen atoms in total. The minimum absolute atomic E-state index is 0.140. The highest BCUT2D eigenvalue weighted by Crippen LogP contribution is 2.17. The summed E-state index contributed by atoms with van der Waals surface area (Å²) in [5.41, 5.74) is 2.52. The number of aliphatic hydroxyl groups excluding tert-OH is 1. The van der Waals surface area contributed by atoms with Gasteiger partial charge in [0, 0.05) is 26.3 Å². The van der Waals surface area contributed by atoms with E-state index in [1.807, 2.05) is 43.3 Å². The van der Waals surface area contributed by atoms with E-state index in [4.69, 9.17) is 0 Å². The zero-order valence-electron chi connectivity index (χ0n) is 13.3. The standard InChI is InChI=1S/C18H21FN2O2/c1-21(2)16-9-5-14(6-10-16)17(22)12-20-18(23)11-13-3-7-15(19)8-4-13/h3-10,17,22H,11-12H2,1-2H3,(H,20,23). The van der Waals surface area contributed by atoms with Crippen LogP contribution in [0.15, 0.2) is 48.5 Å². The Bertz CT molecular complexity index is 639. The fourth-order valence-corrected chi connectivity index (χ4v) is 2.17. The molecule has 0 fully saturated rings. The van der Waals surface area contributed by atoms with Crippen molar-refractivity contribution in [3.05, 3.63) is 65.5 Å². The van der Waals surface area contributed by atoms with Crippen molar-refractivity contribution in [3.8, 4) is 0 Å². The van der Waals surface area contributed by atoms with Gasteiger partial charge in [-0.05, 0) is 35.4 Å². The molecule has 2 aromatic rings. The van der Waals surface area contributed by atoms with Crippen LogP contribution >= 0.6 is 0 Å². The zero-order chi connectivity index (χ0) is 16.8. The summed E-state index contributed by atoms with van der Waals surface area (Å²) in [4.78, 5) is 13.8. The molecule has 2 aromatic carbocycles. The van der Waals surface area contributed by atoms with Crippen molar-refractivity contribution in [3.63, 3.8) is 0 Å². The van der Waals surface area contributed by atoms with Crippen LogP contribution in [0.25, 0.3) is 0 Å². The van der Waals surface area contributed by atoms with Gasteiger partial charge in [-0.15, -0.1) is 0 Å². The number of hydrogen-bond acceptors (Lipinski definition) is 3. The third kappa shape index (κ3) is 5.07. The summed E-state index contributed by atoms with van der Waals surface area (Å²) in [7, 11) is 3.89. The number of nitrogens with one attached hydrogen (secondary N) is 1. The van der Waals surface area contributed by atoms with Crippen LogP contribution in [0.5, 0.6) is 0 Å². The second-order valence-electron chi connectivity index (χ2n) is 5.61. The largest absolute Gasteiger partial charge is 0.387 e. The lowest BCUT2D eigenvalue weighted by molar-refractivity contribution is -0.120. The van der Waals surface area contributed by atoms with Crippen LogP contribution in [0, 0.1) is 5.82 Å². The van der Waals surface area contributed by atoms with Crippen LogP contribution in [-0.4, -0.2) is 31.7 Å². The van der Waals surface area contributed by atoms with Crippen LogP contribution in [0.3, 0.4) is 0 Å². The Hall–Kier alpha value is -2.40. The van der Waals surface area contributed by atoms with Gasteiger partial charge in [-0.1, -0.05) is 24.3 Å². The lowest BCUT2D eigenvalue weighted by atomic mass is 10.1. The van der Waals surface area contributed by atoms with Crippen LogP contribution in [0.2, 0.25) is 0 Å². The molecule has 2 rings (SSSR count). The maximum Gasteiger partial charge on any atom is 0.224 e. The Balaban J connectivity index is 1.84. The van der Waals surface area contributed by atoms with Gasteiger partial charge in [-0.2, -0.15) is 0 Å². The fourth-order valence-electron chi connectivity index (χ4n) is 2.17. The van der Waals surface area contributed by atoms with E-state index in [1.165, 1.54) is 12.1 Å². The summed E-state index contributed by atoms with van der Waals surface area (Å²) in [5.74, 6) is -0.536. The predicted octanol–water partition coefficient (Wildman–Crippen LogP) is 2.28. The summed E-state index contributed by atoms with van der Waals surface area (Å²) in [5, 5.41) is 12.8. The molecule has 5 heteroatoms. The molecule has 2 N–H and O–H groups in total. The Morgan fingerprint density at radius 1 is 1.13 bits per heavy atom. The molecule has 0 spiro atoms. The van der Waals surface area contributed by atoms with Gasteiger partial charge in [-0.3, -0.25) is 4.79 Å². The van der Waals surface area contributed by atoms with Crippen molar-refractivity contribution in [2.45, 2.75) is 12.5 Å². The lowest BCUT2D eigenvalue weighted by Crippen LogP contribution is -2.29. The number of amides is 1. The van der Waals surface area contributed by atoms with Crippen molar-refractivity contribution >= 4 is 11.6 Å². The Kier molecular flexibility index (Phi) is 5.71. The summed E-state index contributed by atoms with van der Waals surface area (Å²) in [6.07, 6.45) is -0.601. The molecular weight excluding hydrogens is 295 g/mol. The van der Waals surface area contributed by atoms with Crippen LogP contribution in [0.1, 0.15) is 17.2 Å². The number of hydrogen-bond donors (Lipinski definition) is 2. The number of carbonyl (C=O) groups is 1. The van der Waals surface area contributed by atoms with Gasteiger partial charge in [0.25, 0.3) is 0 Å². The smallest absolute Gasteiger partial charge is 0.224 e. The third-order valence-electron chi connectivity index (χ3n) is 3.56. The maximum absolute atomic E-state index is 12.8. The van der Waals surface area contributed by atoms with Crippen LogP contribution < -0.4 is 10.2 Å². The third-order valence-corrected chi connectivity index (χ3v) is 3.56. The number of aliphatic hydroxyl groups is 1. The summed E-state index contributed by atoms with van der Waals surface area (Å²) < 4.78 is 12.8. The molecule has 0 saturated carbocycles. The number of halogens is 1. The normalized spacial score (nSPS) is 11.8. The second-order valence-corrected chi connectivity index (χ2v) is 5.61. The van der Waals surface area contributed by atoms with E-state index in [9.17, 15) is 14.3 Å². The molecule has 0 aliphatic heterocycles. The Morgan fingerprint density at radius 3 is 2.30 bits per heavy atom. The predicted molar refractivity (Wildman–Crippen MR) is 88.8 cm³/mol. The van der Waals surface area contributed by atoms with Crippen molar-refractivity contribution in [1.82, 2.24) is 5.32 Å². The van der Waals surface area contributed by atoms with Gasteiger partial charge < -0.3 is 15.3 Å². The molecule has 0 radical (unpaired) electrons. The minimum atomic E-state index is -0.761. The van der Waals surface area contributed by atoms with Crippen LogP contribution in [0.4, 0.5) is 10.1 Å². The molecule has 0 saturated heterocycles. The van der Waals surface area contributed by atoms with Crippen molar-refractivity contribution < 1.29 is 14.3 Å². The minimum Gasteiger partial charge on any atom is -0.387 e. The highest BCUT2D eigenvalue weighted by atomic mass is 19.1. The second kappa shape index (κ2) is 7.74. The van der Waals surface area contributed by atoms with E-state index in [2.05, 4.69) is 5.32 Å². The van der Waals surface area contributed by atoms with E-state index in [0.717, 1.165) is 16.8 Å². The first-order valence-electron chi connectivity index (χ1n) is 7.42. The van der Waals surface area contributed by atoms with Crippen molar-refractivity contribution in [1.29, 1.82) is 0 Å². The Morgan fingerprint density at radius 2 is 1.74 bits per heavy atom. The van der Waals surface area contributed by atoms with Gasteiger partial charge in [0.2, 0.25) is 5.91 Å². The van der Waals surface area contributed by atoms with Gasteiger partial charge in [0.05, 0.1) is 12.5 Å². The SMILES string of the molecule is CN(C)c1ccc(C(O)CNC(=O)Cc2ccc(F)cc2)cc1. The number of nitrogens with zero attached hydrogens (tertiary/aromatic N) is 1. The highest BCUT2D eigenvalue weighted by molar-refractivity contribution is 5.78. The molecular formula is C18H21FN2O2. The summed E-state index contributed by atoms with van der Waals surface area (Å²) >= 11 is 0.